The molecular formula is C10H22O. The molecule has 0 N–H and O–H groups in total. The lowest BCUT2D eigenvalue weighted by Crippen LogP contribution is -2.22. The van der Waals surface area contributed by atoms with Gasteiger partial charge < -0.3 is 4.74 Å². The fraction of sp³-hybridized carbons (Fsp3) is 1.00. The Morgan fingerprint density at radius 1 is 1.45 bits per heavy atom. The zero-order chi connectivity index (χ0) is 8.91. The molecule has 2 atom stereocenters. The van der Waals surface area contributed by atoms with E-state index in [0.717, 1.165) is 6.42 Å². The minimum absolute atomic E-state index is 0.208. The lowest BCUT2D eigenvalue weighted by atomic mass is 10.00. The van der Waals surface area contributed by atoms with Gasteiger partial charge in [0.25, 0.3) is 0 Å². The molecule has 1 aliphatic rings. The highest BCUT2D eigenvalue weighted by atomic mass is 16.5. The molecule has 0 aliphatic carbocycles. The molecule has 0 spiro atoms. The maximum atomic E-state index is 5.70. The van der Waals surface area contributed by atoms with Crippen molar-refractivity contribution in [3.63, 3.8) is 0 Å². The Labute approximate surface area is 71.1 Å². The van der Waals surface area contributed by atoms with E-state index < -0.39 is 0 Å². The van der Waals surface area contributed by atoms with E-state index >= 15 is 0 Å². The van der Waals surface area contributed by atoms with Gasteiger partial charge in [0.15, 0.2) is 0 Å². The van der Waals surface area contributed by atoms with E-state index in [9.17, 15) is 0 Å². The first-order valence-corrected chi connectivity index (χ1v) is 4.84. The van der Waals surface area contributed by atoms with Gasteiger partial charge in [0.05, 0.1) is 11.7 Å². The van der Waals surface area contributed by atoms with Crippen molar-refractivity contribution in [3.05, 3.63) is 0 Å². The summed E-state index contributed by atoms with van der Waals surface area (Å²) in [6.45, 7) is 10.6. The molecule has 1 heteroatoms. The van der Waals surface area contributed by atoms with Crippen molar-refractivity contribution in [3.8, 4) is 0 Å². The zero-order valence-corrected chi connectivity index (χ0v) is 8.61. The van der Waals surface area contributed by atoms with Gasteiger partial charge in [0.2, 0.25) is 0 Å². The number of hydrogen-bond donors (Lipinski definition) is 0. The van der Waals surface area contributed by atoms with E-state index in [2.05, 4.69) is 20.8 Å². The highest BCUT2D eigenvalue weighted by Crippen LogP contribution is 2.31. The summed E-state index contributed by atoms with van der Waals surface area (Å²) in [5.41, 5.74) is 0.208. The largest absolute Gasteiger partial charge is 0.372 e. The predicted octanol–water partition coefficient (Wildman–Crippen LogP) is 3.38. The molecule has 0 bridgehead atoms. The van der Waals surface area contributed by atoms with Crippen molar-refractivity contribution in [2.75, 3.05) is 0 Å². The van der Waals surface area contributed by atoms with Gasteiger partial charge in [-0.3, -0.25) is 0 Å². The summed E-state index contributed by atoms with van der Waals surface area (Å²) in [6.07, 6.45) is 4.13. The highest BCUT2D eigenvalue weighted by Gasteiger charge is 2.31. The summed E-state index contributed by atoms with van der Waals surface area (Å²) in [5.74, 6) is 0. The predicted molar refractivity (Wildman–Crippen MR) is 49.8 cm³/mol. The fourth-order valence-electron chi connectivity index (χ4n) is 1.37. The third-order valence-corrected chi connectivity index (χ3v) is 2.31. The second-order valence-corrected chi connectivity index (χ2v) is 3.27. The zero-order valence-electron chi connectivity index (χ0n) is 8.61. The summed E-state index contributed by atoms with van der Waals surface area (Å²) in [6, 6.07) is 0. The summed E-state index contributed by atoms with van der Waals surface area (Å²) in [5, 5.41) is 0. The Hall–Kier alpha value is -0.0400. The van der Waals surface area contributed by atoms with E-state index in [1.807, 2.05) is 13.8 Å². The van der Waals surface area contributed by atoms with Gasteiger partial charge in [-0.1, -0.05) is 20.8 Å². The van der Waals surface area contributed by atoms with E-state index in [-0.39, 0.29) is 5.60 Å². The molecule has 1 unspecified atom stereocenters. The first-order chi connectivity index (χ1) is 5.16. The Morgan fingerprint density at radius 3 is 2.18 bits per heavy atom. The normalized spacial score (nSPS) is 36.3. The van der Waals surface area contributed by atoms with Gasteiger partial charge in [0, 0.05) is 0 Å². The Bertz CT molecular complexity index is 101. The molecule has 1 aliphatic heterocycles. The van der Waals surface area contributed by atoms with Crippen LogP contribution in [-0.4, -0.2) is 11.7 Å². The smallest absolute Gasteiger partial charge is 0.0656 e. The average Bonchev–Trinajstić information content (AvgIpc) is 2.37. The van der Waals surface area contributed by atoms with Crippen LogP contribution in [-0.2, 0) is 4.74 Å². The van der Waals surface area contributed by atoms with Crippen LogP contribution in [0.15, 0.2) is 0 Å². The van der Waals surface area contributed by atoms with E-state index in [1.54, 1.807) is 0 Å². The van der Waals surface area contributed by atoms with Gasteiger partial charge in [0.1, 0.15) is 0 Å². The number of hydrogen-bond acceptors (Lipinski definition) is 1. The molecule has 11 heavy (non-hydrogen) atoms. The van der Waals surface area contributed by atoms with Crippen LogP contribution in [0.3, 0.4) is 0 Å². The lowest BCUT2D eigenvalue weighted by Gasteiger charge is -2.21. The Kier molecular flexibility index (Phi) is 4.74. The van der Waals surface area contributed by atoms with Crippen molar-refractivity contribution in [1.29, 1.82) is 0 Å². The van der Waals surface area contributed by atoms with Crippen LogP contribution in [0.5, 0.6) is 0 Å². The first kappa shape index (κ1) is 11.0. The van der Waals surface area contributed by atoms with Gasteiger partial charge in [-0.25, -0.2) is 0 Å². The molecule has 0 aromatic carbocycles. The monoisotopic (exact) mass is 158 g/mol. The van der Waals surface area contributed by atoms with Crippen LogP contribution in [0.1, 0.15) is 53.9 Å². The van der Waals surface area contributed by atoms with Crippen LogP contribution < -0.4 is 0 Å². The Morgan fingerprint density at radius 2 is 2.00 bits per heavy atom. The third kappa shape index (κ3) is 3.24. The molecule has 0 aromatic rings. The molecule has 1 nitrogen and oxygen atoms in total. The van der Waals surface area contributed by atoms with Crippen molar-refractivity contribution in [2.24, 2.45) is 0 Å². The van der Waals surface area contributed by atoms with Crippen LogP contribution in [0, 0.1) is 0 Å². The second-order valence-electron chi connectivity index (χ2n) is 3.27. The molecule has 68 valence electrons. The van der Waals surface area contributed by atoms with Crippen LogP contribution in [0.2, 0.25) is 0 Å². The standard InChI is InChI=1S/C8H16O.C2H6/c1-4-8(3)6-5-7(2)9-8;1-2/h7H,4-6H2,1-3H3;1-2H3/t7?,8-;/m1./s1. The third-order valence-electron chi connectivity index (χ3n) is 2.31. The van der Waals surface area contributed by atoms with Crippen LogP contribution in [0.4, 0.5) is 0 Å². The number of rotatable bonds is 1. The molecule has 1 fully saturated rings. The molecule has 1 saturated heterocycles. The summed E-state index contributed by atoms with van der Waals surface area (Å²) < 4.78 is 5.70. The van der Waals surface area contributed by atoms with Crippen LogP contribution in [0.25, 0.3) is 0 Å². The van der Waals surface area contributed by atoms with Crippen molar-refractivity contribution in [1.82, 2.24) is 0 Å². The summed E-state index contributed by atoms with van der Waals surface area (Å²) in [4.78, 5) is 0. The molecule has 1 heterocycles. The quantitative estimate of drug-likeness (QED) is 0.568. The molecule has 0 radical (unpaired) electrons. The molecule has 0 saturated carbocycles. The van der Waals surface area contributed by atoms with Crippen LogP contribution >= 0.6 is 0 Å². The molecule has 0 amide bonds. The Balaban J connectivity index is 0.000000461. The van der Waals surface area contributed by atoms with E-state index in [1.165, 1.54) is 12.8 Å². The molecular weight excluding hydrogens is 136 g/mol. The maximum absolute atomic E-state index is 5.70. The van der Waals surface area contributed by atoms with Gasteiger partial charge >= 0.3 is 0 Å². The van der Waals surface area contributed by atoms with Gasteiger partial charge in [-0.2, -0.15) is 0 Å². The lowest BCUT2D eigenvalue weighted by molar-refractivity contribution is -0.0227. The maximum Gasteiger partial charge on any atom is 0.0656 e. The average molecular weight is 158 g/mol. The van der Waals surface area contributed by atoms with Gasteiger partial charge in [-0.15, -0.1) is 0 Å². The van der Waals surface area contributed by atoms with E-state index in [4.69, 9.17) is 4.74 Å². The summed E-state index contributed by atoms with van der Waals surface area (Å²) >= 11 is 0. The van der Waals surface area contributed by atoms with Crippen molar-refractivity contribution >= 4 is 0 Å². The van der Waals surface area contributed by atoms with Gasteiger partial charge in [-0.05, 0) is 33.1 Å². The second kappa shape index (κ2) is 4.76. The first-order valence-electron chi connectivity index (χ1n) is 4.84. The van der Waals surface area contributed by atoms with Crippen molar-refractivity contribution < 1.29 is 4.74 Å². The van der Waals surface area contributed by atoms with Crippen molar-refractivity contribution in [2.45, 2.75) is 65.6 Å². The highest BCUT2D eigenvalue weighted by molar-refractivity contribution is 4.81. The molecule has 0 aromatic heterocycles. The summed E-state index contributed by atoms with van der Waals surface area (Å²) in [7, 11) is 0. The SMILES string of the molecule is CC.CC[C@]1(C)CCC(C)O1. The molecule has 1 rings (SSSR count). The minimum atomic E-state index is 0.208. The minimum Gasteiger partial charge on any atom is -0.372 e. The number of ether oxygens (including phenoxy) is 1. The fourth-order valence-corrected chi connectivity index (χ4v) is 1.37. The topological polar surface area (TPSA) is 9.23 Å². The van der Waals surface area contributed by atoms with E-state index in [0.29, 0.717) is 6.10 Å².